The molecule has 0 bridgehead atoms. The summed E-state index contributed by atoms with van der Waals surface area (Å²) in [6.07, 6.45) is 1.19. The smallest absolute Gasteiger partial charge is 0.328 e. The van der Waals surface area contributed by atoms with E-state index in [1.807, 2.05) is 0 Å². The highest BCUT2D eigenvalue weighted by Gasteiger charge is 2.37. The van der Waals surface area contributed by atoms with Gasteiger partial charge in [-0.15, -0.1) is 0 Å². The number of hydrogen-bond acceptors (Lipinski definition) is 6. The van der Waals surface area contributed by atoms with Crippen LogP contribution in [0.3, 0.4) is 0 Å². The van der Waals surface area contributed by atoms with Gasteiger partial charge in [0, 0.05) is 35.0 Å². The van der Waals surface area contributed by atoms with Crippen molar-refractivity contribution in [3.63, 3.8) is 0 Å². The summed E-state index contributed by atoms with van der Waals surface area (Å²) >= 11 is 0. The van der Waals surface area contributed by atoms with Gasteiger partial charge in [-0.25, -0.2) is 4.79 Å². The number of nitrogens with one attached hydrogen (secondary N) is 1. The molecule has 1 N–H and O–H groups in total. The zero-order valence-corrected chi connectivity index (χ0v) is 18.8. The van der Waals surface area contributed by atoms with Crippen LogP contribution in [0.25, 0.3) is 5.53 Å². The highest BCUT2D eigenvalue weighted by Crippen LogP contribution is 2.36. The fourth-order valence-electron chi connectivity index (χ4n) is 3.48. The van der Waals surface area contributed by atoms with Gasteiger partial charge >= 0.3 is 12.2 Å². The Bertz CT molecular complexity index is 904. The lowest BCUT2D eigenvalue weighted by molar-refractivity contribution is -0.152. The highest BCUT2D eigenvalue weighted by molar-refractivity contribution is 6.25. The van der Waals surface area contributed by atoms with Crippen LogP contribution in [0.4, 0.5) is 0 Å². The summed E-state index contributed by atoms with van der Waals surface area (Å²) in [5.41, 5.74) is 8.37. The first-order valence-electron chi connectivity index (χ1n) is 9.99. The zero-order valence-electron chi connectivity index (χ0n) is 18.8. The predicted molar refractivity (Wildman–Crippen MR) is 112 cm³/mol. The molecule has 0 aliphatic heterocycles. The van der Waals surface area contributed by atoms with E-state index in [2.05, 4.69) is 10.1 Å². The van der Waals surface area contributed by atoms with E-state index in [4.69, 9.17) is 10.3 Å². The molecular weight excluding hydrogens is 402 g/mol. The Morgan fingerprint density at radius 1 is 1.23 bits per heavy atom. The summed E-state index contributed by atoms with van der Waals surface area (Å²) in [6, 6.07) is -1.09. The third kappa shape index (κ3) is 7.22. The van der Waals surface area contributed by atoms with Crippen LogP contribution in [0, 0.1) is 5.41 Å². The van der Waals surface area contributed by atoms with Gasteiger partial charge in [0.2, 0.25) is 11.7 Å². The Hall–Kier alpha value is -3.19. The van der Waals surface area contributed by atoms with E-state index < -0.39 is 35.2 Å². The quantitative estimate of drug-likeness (QED) is 0.184. The van der Waals surface area contributed by atoms with Crippen molar-refractivity contribution in [2.24, 2.45) is 5.41 Å². The number of carbonyl (C=O) groups is 5. The van der Waals surface area contributed by atoms with Crippen LogP contribution in [0.1, 0.15) is 60.8 Å². The number of esters is 1. The monoisotopic (exact) mass is 431 g/mol. The van der Waals surface area contributed by atoms with Crippen LogP contribution < -0.4 is 5.32 Å². The number of rotatable bonds is 10. The first kappa shape index (κ1) is 25.8. The van der Waals surface area contributed by atoms with Crippen molar-refractivity contribution in [1.82, 2.24) is 5.32 Å². The Kier molecular flexibility index (Phi) is 8.94. The van der Waals surface area contributed by atoms with Gasteiger partial charge in [-0.1, -0.05) is 13.8 Å². The molecule has 1 unspecified atom stereocenters. The number of hydrogen-bond donors (Lipinski definition) is 1. The van der Waals surface area contributed by atoms with Crippen LogP contribution >= 0.6 is 0 Å². The topological polar surface area (TPSA) is 143 Å². The molecule has 1 atom stereocenters. The minimum absolute atomic E-state index is 0.0519. The zero-order chi connectivity index (χ0) is 23.9. The number of amides is 1. The van der Waals surface area contributed by atoms with Crippen LogP contribution in [-0.4, -0.2) is 52.4 Å². The van der Waals surface area contributed by atoms with Crippen LogP contribution in [0.5, 0.6) is 0 Å². The second kappa shape index (κ2) is 10.7. The summed E-state index contributed by atoms with van der Waals surface area (Å²) in [4.78, 5) is 64.1. The lowest BCUT2D eigenvalue weighted by atomic mass is 9.73. The average molecular weight is 431 g/mol. The van der Waals surface area contributed by atoms with E-state index in [0.29, 0.717) is 17.4 Å². The lowest BCUT2D eigenvalue weighted by Crippen LogP contribution is -2.44. The molecule has 168 valence electrons. The molecule has 1 aliphatic carbocycles. The molecule has 0 radical (unpaired) electrons. The van der Waals surface area contributed by atoms with Crippen molar-refractivity contribution in [3.8, 4) is 0 Å². The minimum atomic E-state index is -1.09. The van der Waals surface area contributed by atoms with Gasteiger partial charge in [-0.2, -0.15) is 4.79 Å². The van der Waals surface area contributed by atoms with Crippen molar-refractivity contribution in [2.75, 3.05) is 0 Å². The van der Waals surface area contributed by atoms with Gasteiger partial charge in [-0.05, 0) is 40.2 Å². The summed E-state index contributed by atoms with van der Waals surface area (Å²) in [5.74, 6) is -2.32. The molecule has 1 amide bonds. The molecule has 1 rings (SSSR count). The standard InChI is InChI=1S/C22H29N3O6/c1-12(2)31-21(30)16(8-7-15(26)11-24-23)25-18(28)10-22(5,6)19-14(4)20(29)13(3)9-17(19)27/h9,11-12,16H,7-8,10H2,1-6H3,(H,25,28). The SMILES string of the molecule is CC1=CC(=O)C(C(C)(C)CC(=O)NC(CCC(=O)C=[N+]=[N-])C(=O)OC(C)C)=C(C)C1=O. The van der Waals surface area contributed by atoms with E-state index in [0.717, 1.165) is 0 Å². The second-order valence-corrected chi connectivity index (χ2v) is 8.44. The van der Waals surface area contributed by atoms with Crippen molar-refractivity contribution < 1.29 is 33.5 Å². The molecule has 0 heterocycles. The number of carbonyl (C=O) groups excluding carboxylic acids is 5. The summed E-state index contributed by atoms with van der Waals surface area (Å²) in [6.45, 7) is 9.78. The molecule has 0 saturated carbocycles. The Morgan fingerprint density at radius 3 is 2.39 bits per heavy atom. The molecule has 0 aromatic rings. The first-order valence-corrected chi connectivity index (χ1v) is 9.99. The lowest BCUT2D eigenvalue weighted by Gasteiger charge is -2.30. The molecule has 0 aromatic heterocycles. The molecule has 0 saturated heterocycles. The van der Waals surface area contributed by atoms with E-state index in [1.165, 1.54) is 6.08 Å². The van der Waals surface area contributed by atoms with Gasteiger partial charge in [0.15, 0.2) is 11.6 Å². The summed E-state index contributed by atoms with van der Waals surface area (Å²) in [5, 5.41) is 2.56. The van der Waals surface area contributed by atoms with Gasteiger partial charge in [0.1, 0.15) is 6.04 Å². The number of Topliss-reactive ketones (excluding diaryl/α,β-unsaturated/α-hetero) is 2. The van der Waals surface area contributed by atoms with E-state index >= 15 is 0 Å². The molecule has 31 heavy (non-hydrogen) atoms. The number of ketones is 3. The second-order valence-electron chi connectivity index (χ2n) is 8.44. The van der Waals surface area contributed by atoms with Gasteiger partial charge < -0.3 is 15.6 Å². The Labute approximate surface area is 181 Å². The maximum atomic E-state index is 12.7. The molecule has 1 aliphatic rings. The maximum Gasteiger partial charge on any atom is 0.328 e. The summed E-state index contributed by atoms with van der Waals surface area (Å²) < 4.78 is 5.15. The van der Waals surface area contributed by atoms with Crippen molar-refractivity contribution >= 4 is 35.4 Å². The van der Waals surface area contributed by atoms with Gasteiger partial charge in [0.05, 0.1) is 6.10 Å². The maximum absolute atomic E-state index is 12.7. The average Bonchev–Trinajstić information content (AvgIpc) is 2.62. The fourth-order valence-corrected chi connectivity index (χ4v) is 3.48. The minimum Gasteiger partial charge on any atom is -0.461 e. The van der Waals surface area contributed by atoms with Crippen LogP contribution in [-0.2, 0) is 28.7 Å². The normalized spacial score (nSPS) is 15.3. The largest absolute Gasteiger partial charge is 0.461 e. The fraction of sp³-hybridized carbons (Fsp3) is 0.545. The Morgan fingerprint density at radius 2 is 1.84 bits per heavy atom. The molecule has 9 heteroatoms. The van der Waals surface area contributed by atoms with E-state index in [1.54, 1.807) is 41.5 Å². The van der Waals surface area contributed by atoms with E-state index in [-0.39, 0.29) is 36.4 Å². The van der Waals surface area contributed by atoms with E-state index in [9.17, 15) is 24.0 Å². The van der Waals surface area contributed by atoms with Crippen LogP contribution in [0.2, 0.25) is 0 Å². The third-order valence-electron chi connectivity index (χ3n) is 4.80. The summed E-state index contributed by atoms with van der Waals surface area (Å²) in [7, 11) is 0. The van der Waals surface area contributed by atoms with Crippen molar-refractivity contribution in [3.05, 3.63) is 28.3 Å². The van der Waals surface area contributed by atoms with Crippen LogP contribution in [0.15, 0.2) is 22.8 Å². The number of nitrogens with zero attached hydrogens (tertiary/aromatic N) is 2. The number of ether oxygens (including phenoxy) is 1. The van der Waals surface area contributed by atoms with Crippen molar-refractivity contribution in [2.45, 2.75) is 73.0 Å². The van der Waals surface area contributed by atoms with Gasteiger partial charge in [0.25, 0.3) is 0 Å². The predicted octanol–water partition coefficient (Wildman–Crippen LogP) is 1.90. The molecule has 0 aromatic carbocycles. The molecule has 9 nitrogen and oxygen atoms in total. The number of allylic oxidation sites excluding steroid dienone is 4. The first-order chi connectivity index (χ1) is 14.3. The van der Waals surface area contributed by atoms with Crippen molar-refractivity contribution in [1.29, 1.82) is 0 Å². The highest BCUT2D eigenvalue weighted by atomic mass is 16.5. The Balaban J connectivity index is 3.00. The molecule has 0 spiro atoms. The third-order valence-corrected chi connectivity index (χ3v) is 4.80. The molecule has 0 fully saturated rings. The van der Waals surface area contributed by atoms with Gasteiger partial charge in [-0.3, -0.25) is 19.2 Å². The molecular formula is C22H29N3O6.